The van der Waals surface area contributed by atoms with E-state index in [0.29, 0.717) is 12.4 Å². The van der Waals surface area contributed by atoms with E-state index >= 15 is 0 Å². The van der Waals surface area contributed by atoms with Crippen molar-refractivity contribution in [2.45, 2.75) is 6.61 Å². The van der Waals surface area contributed by atoms with Gasteiger partial charge in [0.25, 0.3) is 0 Å². The molecule has 0 spiro atoms. The normalized spacial score (nSPS) is 10.8. The van der Waals surface area contributed by atoms with Crippen LogP contribution in [0.3, 0.4) is 0 Å². The molecule has 0 aliphatic rings. The maximum absolute atomic E-state index is 10.5. The molecule has 5 heteroatoms. The van der Waals surface area contributed by atoms with Gasteiger partial charge >= 0.3 is 5.97 Å². The number of halogens is 1. The lowest BCUT2D eigenvalue weighted by Crippen LogP contribution is -1.93. The average Bonchev–Trinajstić information content (AvgIpc) is 2.89. The van der Waals surface area contributed by atoms with Gasteiger partial charge in [-0.2, -0.15) is 0 Å². The molecule has 0 saturated carbocycles. The van der Waals surface area contributed by atoms with E-state index in [1.807, 2.05) is 29.6 Å². The molecule has 0 saturated heterocycles. The van der Waals surface area contributed by atoms with E-state index in [0.717, 1.165) is 21.0 Å². The van der Waals surface area contributed by atoms with Crippen LogP contribution in [0, 0.1) is 0 Å². The van der Waals surface area contributed by atoms with E-state index in [2.05, 4.69) is 15.9 Å². The third-order valence-corrected chi connectivity index (χ3v) is 3.91. The lowest BCUT2D eigenvalue weighted by molar-refractivity contribution is -0.131. The highest BCUT2D eigenvalue weighted by Crippen LogP contribution is 2.24. The van der Waals surface area contributed by atoms with E-state index in [1.54, 1.807) is 17.4 Å². The number of carboxylic acids is 1. The molecule has 0 radical (unpaired) electrons. The van der Waals surface area contributed by atoms with Gasteiger partial charge in [-0.05, 0) is 41.3 Å². The van der Waals surface area contributed by atoms with Gasteiger partial charge in [0.15, 0.2) is 0 Å². The molecule has 1 aromatic carbocycles. The zero-order chi connectivity index (χ0) is 13.7. The first-order chi connectivity index (χ1) is 9.15. The standard InChI is InChI=1S/C14H11BrO3S/c15-13-5-4-11(8-10(13)3-6-14(16)17)18-9-12-2-1-7-19-12/h1-8H,9H2,(H,16,17)/b6-3+. The van der Waals surface area contributed by atoms with Gasteiger partial charge in [-0.15, -0.1) is 11.3 Å². The Morgan fingerprint density at radius 3 is 2.95 bits per heavy atom. The number of carboxylic acid groups (broad SMARTS) is 1. The number of hydrogen-bond donors (Lipinski definition) is 1. The molecule has 0 aliphatic heterocycles. The summed E-state index contributed by atoms with van der Waals surface area (Å²) in [6, 6.07) is 9.47. The third kappa shape index (κ3) is 4.22. The lowest BCUT2D eigenvalue weighted by atomic mass is 10.2. The SMILES string of the molecule is O=C(O)/C=C/c1cc(OCc2cccs2)ccc1Br. The van der Waals surface area contributed by atoms with Crippen molar-refractivity contribution < 1.29 is 14.6 Å². The Morgan fingerprint density at radius 2 is 2.26 bits per heavy atom. The summed E-state index contributed by atoms with van der Waals surface area (Å²) in [5.41, 5.74) is 0.770. The molecule has 0 atom stereocenters. The summed E-state index contributed by atoms with van der Waals surface area (Å²) in [6.07, 6.45) is 2.63. The van der Waals surface area contributed by atoms with Gasteiger partial charge < -0.3 is 9.84 Å². The van der Waals surface area contributed by atoms with Crippen LogP contribution in [0.15, 0.2) is 46.3 Å². The summed E-state index contributed by atoms with van der Waals surface area (Å²) in [5.74, 6) is -0.265. The summed E-state index contributed by atoms with van der Waals surface area (Å²) in [5, 5.41) is 10.6. The van der Waals surface area contributed by atoms with Crippen LogP contribution in [-0.2, 0) is 11.4 Å². The fourth-order valence-corrected chi connectivity index (χ4v) is 2.44. The Bertz CT molecular complexity index is 591. The molecular formula is C14H11BrO3S. The van der Waals surface area contributed by atoms with Crippen molar-refractivity contribution in [3.63, 3.8) is 0 Å². The van der Waals surface area contributed by atoms with Crippen LogP contribution in [0.25, 0.3) is 6.08 Å². The van der Waals surface area contributed by atoms with E-state index < -0.39 is 5.97 Å². The Hall–Kier alpha value is -1.59. The Morgan fingerprint density at radius 1 is 1.42 bits per heavy atom. The summed E-state index contributed by atoms with van der Waals surface area (Å²) < 4.78 is 6.49. The van der Waals surface area contributed by atoms with Crippen LogP contribution >= 0.6 is 27.3 Å². The Kier molecular flexibility index (Phi) is 4.76. The summed E-state index contributed by atoms with van der Waals surface area (Å²) >= 11 is 5.01. The van der Waals surface area contributed by atoms with Crippen molar-refractivity contribution in [1.29, 1.82) is 0 Å². The minimum Gasteiger partial charge on any atom is -0.488 e. The third-order valence-electron chi connectivity index (χ3n) is 2.33. The molecular weight excluding hydrogens is 328 g/mol. The second-order valence-electron chi connectivity index (χ2n) is 3.72. The topological polar surface area (TPSA) is 46.5 Å². The van der Waals surface area contributed by atoms with Crippen molar-refractivity contribution in [1.82, 2.24) is 0 Å². The van der Waals surface area contributed by atoms with E-state index in [-0.39, 0.29) is 0 Å². The van der Waals surface area contributed by atoms with E-state index in [1.165, 1.54) is 6.08 Å². The van der Waals surface area contributed by atoms with Gasteiger partial charge in [-0.25, -0.2) is 4.79 Å². The van der Waals surface area contributed by atoms with Gasteiger partial charge in [0, 0.05) is 15.4 Å². The van der Waals surface area contributed by atoms with Gasteiger partial charge in [-0.3, -0.25) is 0 Å². The lowest BCUT2D eigenvalue weighted by Gasteiger charge is -2.06. The maximum Gasteiger partial charge on any atom is 0.328 e. The molecule has 2 aromatic rings. The summed E-state index contributed by atoms with van der Waals surface area (Å²) in [6.45, 7) is 0.515. The molecule has 0 fully saturated rings. The number of thiophene rings is 1. The van der Waals surface area contributed by atoms with Gasteiger partial charge in [0.05, 0.1) is 0 Å². The number of hydrogen-bond acceptors (Lipinski definition) is 3. The quantitative estimate of drug-likeness (QED) is 0.831. The molecule has 19 heavy (non-hydrogen) atoms. The molecule has 98 valence electrons. The fourth-order valence-electron chi connectivity index (χ4n) is 1.45. The van der Waals surface area contributed by atoms with Crippen LogP contribution in [0.5, 0.6) is 5.75 Å². The van der Waals surface area contributed by atoms with Crippen LogP contribution in [0.2, 0.25) is 0 Å². The predicted octanol–water partition coefficient (Wildman–Crippen LogP) is 4.19. The number of aliphatic carboxylic acids is 1. The van der Waals surface area contributed by atoms with E-state index in [4.69, 9.17) is 9.84 Å². The average molecular weight is 339 g/mol. The van der Waals surface area contributed by atoms with Crippen molar-refractivity contribution in [3.05, 3.63) is 56.7 Å². The summed E-state index contributed by atoms with van der Waals surface area (Å²) in [7, 11) is 0. The number of ether oxygens (including phenoxy) is 1. The predicted molar refractivity (Wildman–Crippen MR) is 79.5 cm³/mol. The largest absolute Gasteiger partial charge is 0.488 e. The van der Waals surface area contributed by atoms with Crippen LogP contribution in [0.1, 0.15) is 10.4 Å². The minimum atomic E-state index is -0.975. The first-order valence-electron chi connectivity index (χ1n) is 5.51. The molecule has 1 N–H and O–H groups in total. The van der Waals surface area contributed by atoms with Gasteiger partial charge in [0.2, 0.25) is 0 Å². The fraction of sp³-hybridized carbons (Fsp3) is 0.0714. The van der Waals surface area contributed by atoms with Gasteiger partial charge in [0.1, 0.15) is 12.4 Å². The second kappa shape index (κ2) is 6.54. The first-order valence-corrected chi connectivity index (χ1v) is 7.18. The molecule has 1 aromatic heterocycles. The zero-order valence-corrected chi connectivity index (χ0v) is 12.3. The highest BCUT2D eigenvalue weighted by Gasteiger charge is 2.02. The first kappa shape index (κ1) is 13.8. The zero-order valence-electron chi connectivity index (χ0n) is 9.88. The number of benzene rings is 1. The van der Waals surface area contributed by atoms with Crippen molar-refractivity contribution >= 4 is 39.3 Å². The van der Waals surface area contributed by atoms with Crippen molar-refractivity contribution in [2.24, 2.45) is 0 Å². The minimum absolute atomic E-state index is 0.515. The van der Waals surface area contributed by atoms with Crippen molar-refractivity contribution in [2.75, 3.05) is 0 Å². The highest BCUT2D eigenvalue weighted by molar-refractivity contribution is 9.10. The number of carbonyl (C=O) groups is 1. The smallest absolute Gasteiger partial charge is 0.328 e. The van der Waals surface area contributed by atoms with Crippen LogP contribution in [0.4, 0.5) is 0 Å². The van der Waals surface area contributed by atoms with Gasteiger partial charge in [-0.1, -0.05) is 22.0 Å². The highest BCUT2D eigenvalue weighted by atomic mass is 79.9. The summed E-state index contributed by atoms with van der Waals surface area (Å²) in [4.78, 5) is 11.7. The Balaban J connectivity index is 2.09. The molecule has 0 unspecified atom stereocenters. The molecule has 1 heterocycles. The molecule has 2 rings (SSSR count). The molecule has 0 aliphatic carbocycles. The molecule has 3 nitrogen and oxygen atoms in total. The van der Waals surface area contributed by atoms with Crippen molar-refractivity contribution in [3.8, 4) is 5.75 Å². The van der Waals surface area contributed by atoms with Crippen LogP contribution in [-0.4, -0.2) is 11.1 Å². The Labute approximate surface area is 123 Å². The maximum atomic E-state index is 10.5. The van der Waals surface area contributed by atoms with E-state index in [9.17, 15) is 4.79 Å². The molecule has 0 bridgehead atoms. The number of rotatable bonds is 5. The second-order valence-corrected chi connectivity index (χ2v) is 5.61. The van der Waals surface area contributed by atoms with Crippen LogP contribution < -0.4 is 4.74 Å². The molecule has 0 amide bonds. The monoisotopic (exact) mass is 338 g/mol.